The number of fused-ring (bicyclic) bond motifs is 1. The van der Waals surface area contributed by atoms with E-state index < -0.39 is 5.82 Å². The lowest BCUT2D eigenvalue weighted by atomic mass is 9.91. The predicted molar refractivity (Wildman–Crippen MR) is 125 cm³/mol. The Labute approximate surface area is 190 Å². The van der Waals surface area contributed by atoms with Gasteiger partial charge < -0.3 is 16.0 Å². The summed E-state index contributed by atoms with van der Waals surface area (Å²) in [5.41, 5.74) is 5.58. The van der Waals surface area contributed by atoms with E-state index in [-0.39, 0.29) is 17.7 Å². The van der Waals surface area contributed by atoms with Gasteiger partial charge in [-0.25, -0.2) is 4.39 Å². The molecule has 2 aliphatic rings. The number of rotatable bonds is 5. The highest BCUT2D eigenvalue weighted by molar-refractivity contribution is 6.27. The van der Waals surface area contributed by atoms with Crippen molar-refractivity contribution in [2.24, 2.45) is 5.92 Å². The van der Waals surface area contributed by atoms with Crippen molar-refractivity contribution in [3.05, 3.63) is 72.1 Å². The Kier molecular flexibility index (Phi) is 5.34. The molecule has 2 aromatic heterocycles. The zero-order chi connectivity index (χ0) is 22.9. The van der Waals surface area contributed by atoms with Crippen molar-refractivity contribution in [1.29, 1.82) is 0 Å². The molecule has 33 heavy (non-hydrogen) atoms. The minimum Gasteiger partial charge on any atom is -0.381 e. The molecule has 5 rings (SSSR count). The maximum absolute atomic E-state index is 13.5. The van der Waals surface area contributed by atoms with Gasteiger partial charge in [0.05, 0.1) is 30.0 Å². The van der Waals surface area contributed by atoms with E-state index in [4.69, 9.17) is 0 Å². The summed E-state index contributed by atoms with van der Waals surface area (Å²) in [6.45, 7) is 2.41. The maximum Gasteiger partial charge on any atom is 0.256 e. The van der Waals surface area contributed by atoms with Gasteiger partial charge in [-0.2, -0.15) is 0 Å². The highest BCUT2D eigenvalue weighted by atomic mass is 19.1. The number of hydrogen-bond acceptors (Lipinski definition) is 5. The summed E-state index contributed by atoms with van der Waals surface area (Å²) in [4.78, 5) is 33.3. The van der Waals surface area contributed by atoms with Gasteiger partial charge in [-0.1, -0.05) is 6.07 Å². The van der Waals surface area contributed by atoms with Crippen LogP contribution in [0.15, 0.2) is 60.7 Å². The van der Waals surface area contributed by atoms with E-state index in [2.05, 4.69) is 25.9 Å². The van der Waals surface area contributed by atoms with Crippen LogP contribution in [0, 0.1) is 11.7 Å². The quantitative estimate of drug-likeness (QED) is 0.541. The molecule has 0 radical (unpaired) electrons. The highest BCUT2D eigenvalue weighted by Crippen LogP contribution is 2.36. The first-order chi connectivity index (χ1) is 16.0. The third-order valence-corrected chi connectivity index (χ3v) is 5.74. The average Bonchev–Trinajstić information content (AvgIpc) is 3.64. The molecule has 166 valence electrons. The summed E-state index contributed by atoms with van der Waals surface area (Å²) < 4.78 is 13.5. The van der Waals surface area contributed by atoms with E-state index >= 15 is 0 Å². The van der Waals surface area contributed by atoms with Crippen LogP contribution in [-0.4, -0.2) is 28.3 Å². The Morgan fingerprint density at radius 3 is 2.48 bits per heavy atom. The van der Waals surface area contributed by atoms with E-state index in [1.54, 1.807) is 12.4 Å². The van der Waals surface area contributed by atoms with Crippen molar-refractivity contribution in [2.75, 3.05) is 22.5 Å². The minimum absolute atomic E-state index is 0.0212. The topological polar surface area (TPSA) is 96.0 Å². The van der Waals surface area contributed by atoms with Crippen LogP contribution in [0.25, 0.3) is 16.7 Å². The van der Waals surface area contributed by atoms with Crippen molar-refractivity contribution in [3.63, 3.8) is 0 Å². The SMILES string of the molecule is CC1=C(C(=O)Nc2cncc(F)c2)c2cc(-c3cncc(NC(=O)C4CC4)c3)ccc2NC1. The highest BCUT2D eigenvalue weighted by Gasteiger charge is 2.29. The Morgan fingerprint density at radius 2 is 1.73 bits per heavy atom. The zero-order valence-electron chi connectivity index (χ0n) is 18.0. The van der Waals surface area contributed by atoms with E-state index in [0.29, 0.717) is 23.5 Å². The lowest BCUT2D eigenvalue weighted by Gasteiger charge is -2.23. The third kappa shape index (κ3) is 4.45. The van der Waals surface area contributed by atoms with Gasteiger partial charge in [0, 0.05) is 47.1 Å². The lowest BCUT2D eigenvalue weighted by molar-refractivity contribution is -0.117. The van der Waals surface area contributed by atoms with Gasteiger partial charge in [0.1, 0.15) is 5.82 Å². The van der Waals surface area contributed by atoms with Crippen molar-refractivity contribution < 1.29 is 14.0 Å². The fourth-order valence-electron chi connectivity index (χ4n) is 3.88. The third-order valence-electron chi connectivity index (χ3n) is 5.74. The molecule has 1 fully saturated rings. The lowest BCUT2D eigenvalue weighted by Crippen LogP contribution is -2.22. The molecule has 1 aliphatic carbocycles. The molecule has 3 heterocycles. The van der Waals surface area contributed by atoms with Gasteiger partial charge in [-0.3, -0.25) is 19.6 Å². The zero-order valence-corrected chi connectivity index (χ0v) is 18.0. The van der Waals surface area contributed by atoms with Gasteiger partial charge in [0.2, 0.25) is 5.91 Å². The molecule has 1 aliphatic heterocycles. The first kappa shape index (κ1) is 20.8. The number of halogens is 1. The van der Waals surface area contributed by atoms with Gasteiger partial charge >= 0.3 is 0 Å². The molecule has 8 heteroatoms. The number of amides is 2. The van der Waals surface area contributed by atoms with Gasteiger partial charge in [0.25, 0.3) is 5.91 Å². The van der Waals surface area contributed by atoms with Crippen molar-refractivity contribution in [2.45, 2.75) is 19.8 Å². The summed E-state index contributed by atoms with van der Waals surface area (Å²) in [5, 5.41) is 8.98. The Balaban J connectivity index is 1.45. The number of pyridine rings is 2. The van der Waals surface area contributed by atoms with E-state index in [1.165, 1.54) is 12.3 Å². The van der Waals surface area contributed by atoms with Crippen LogP contribution in [0.3, 0.4) is 0 Å². The second-order valence-electron chi connectivity index (χ2n) is 8.34. The summed E-state index contributed by atoms with van der Waals surface area (Å²) in [7, 11) is 0. The first-order valence-electron chi connectivity index (χ1n) is 10.7. The molecule has 3 aromatic rings. The number of carbonyl (C=O) groups excluding carboxylic acids is 2. The molecular weight excluding hydrogens is 421 g/mol. The Hall–Kier alpha value is -4.07. The molecule has 0 unspecified atom stereocenters. The number of anilines is 3. The smallest absolute Gasteiger partial charge is 0.256 e. The standard InChI is InChI=1S/C25H22FN5O2/c1-14-9-29-22-5-4-16(17-6-19(12-27-10-17)30-24(32)15-2-3-15)7-21(22)23(14)25(33)31-20-8-18(26)11-28-13-20/h4-8,10-13,15,29H,2-3,9H2,1H3,(H,30,32)(H,31,33). The molecule has 0 spiro atoms. The van der Waals surface area contributed by atoms with Crippen molar-refractivity contribution in [3.8, 4) is 11.1 Å². The molecule has 0 saturated heterocycles. The molecule has 0 atom stereocenters. The fourth-order valence-corrected chi connectivity index (χ4v) is 3.88. The van der Waals surface area contributed by atoms with Crippen molar-refractivity contribution >= 4 is 34.4 Å². The normalized spacial score (nSPS) is 14.8. The number of carbonyl (C=O) groups is 2. The summed E-state index contributed by atoms with van der Waals surface area (Å²) >= 11 is 0. The predicted octanol–water partition coefficient (Wildman–Crippen LogP) is 4.47. The number of aromatic nitrogens is 2. The Morgan fingerprint density at radius 1 is 0.970 bits per heavy atom. The number of nitrogens with zero attached hydrogens (tertiary/aromatic N) is 2. The fraction of sp³-hybridized carbons (Fsp3) is 0.200. The van der Waals surface area contributed by atoms with Gasteiger partial charge in [-0.05, 0) is 49.1 Å². The largest absolute Gasteiger partial charge is 0.381 e. The van der Waals surface area contributed by atoms with Crippen LogP contribution in [0.5, 0.6) is 0 Å². The number of nitrogens with one attached hydrogen (secondary N) is 3. The molecule has 1 aromatic carbocycles. The summed E-state index contributed by atoms with van der Waals surface area (Å²) in [6, 6.07) is 8.89. The van der Waals surface area contributed by atoms with Crippen LogP contribution in [0.1, 0.15) is 25.3 Å². The molecule has 7 nitrogen and oxygen atoms in total. The first-order valence-corrected chi connectivity index (χ1v) is 10.7. The molecule has 2 amide bonds. The molecule has 0 bridgehead atoms. The van der Waals surface area contributed by atoms with Crippen LogP contribution in [0.2, 0.25) is 0 Å². The molecule has 3 N–H and O–H groups in total. The van der Waals surface area contributed by atoms with E-state index in [0.717, 1.165) is 47.0 Å². The number of benzene rings is 1. The second-order valence-corrected chi connectivity index (χ2v) is 8.34. The molecular formula is C25H22FN5O2. The summed E-state index contributed by atoms with van der Waals surface area (Å²) in [6.07, 6.45) is 7.70. The monoisotopic (exact) mass is 443 g/mol. The van der Waals surface area contributed by atoms with Gasteiger partial charge in [-0.15, -0.1) is 0 Å². The minimum atomic E-state index is -0.521. The van der Waals surface area contributed by atoms with E-state index in [1.807, 2.05) is 31.2 Å². The van der Waals surface area contributed by atoms with Crippen LogP contribution in [0.4, 0.5) is 21.5 Å². The van der Waals surface area contributed by atoms with Crippen LogP contribution >= 0.6 is 0 Å². The second kappa shape index (κ2) is 8.46. The average molecular weight is 443 g/mol. The summed E-state index contributed by atoms with van der Waals surface area (Å²) in [5.74, 6) is -0.727. The molecule has 1 saturated carbocycles. The number of hydrogen-bond donors (Lipinski definition) is 3. The van der Waals surface area contributed by atoms with Crippen LogP contribution < -0.4 is 16.0 Å². The Bertz CT molecular complexity index is 1300. The van der Waals surface area contributed by atoms with Crippen molar-refractivity contribution in [1.82, 2.24) is 9.97 Å². The van der Waals surface area contributed by atoms with E-state index in [9.17, 15) is 14.0 Å². The van der Waals surface area contributed by atoms with Gasteiger partial charge in [0.15, 0.2) is 0 Å². The maximum atomic E-state index is 13.5. The van der Waals surface area contributed by atoms with Crippen LogP contribution in [-0.2, 0) is 9.59 Å².